The van der Waals surface area contributed by atoms with E-state index in [9.17, 15) is 5.11 Å². The lowest BCUT2D eigenvalue weighted by molar-refractivity contribution is 0.0829. The lowest BCUT2D eigenvalue weighted by Gasteiger charge is -2.28. The number of aliphatic hydroxyl groups excluding tert-OH is 1. The number of rotatable bonds is 0. The highest BCUT2D eigenvalue weighted by Gasteiger charge is 2.34. The zero-order chi connectivity index (χ0) is 7.78. The van der Waals surface area contributed by atoms with Gasteiger partial charge in [-0.05, 0) is 17.1 Å². The summed E-state index contributed by atoms with van der Waals surface area (Å²) in [6.45, 7) is 6.60. The first-order valence-electron chi connectivity index (χ1n) is 3.77. The molecule has 2 heteroatoms. The largest absolute Gasteiger partial charge is 0.392 e. The van der Waals surface area contributed by atoms with E-state index in [0.717, 1.165) is 11.5 Å². The summed E-state index contributed by atoms with van der Waals surface area (Å²) in [5.74, 6) is 2.56. The fraction of sp³-hybridized carbons (Fsp3) is 1.00. The Hall–Kier alpha value is 0.310. The Morgan fingerprint density at radius 2 is 1.90 bits per heavy atom. The normalized spacial score (nSPS) is 34.8. The van der Waals surface area contributed by atoms with Gasteiger partial charge in [-0.1, -0.05) is 20.8 Å². The Bertz CT molecular complexity index is 117. The fourth-order valence-electron chi connectivity index (χ4n) is 1.37. The van der Waals surface area contributed by atoms with Crippen molar-refractivity contribution < 1.29 is 5.11 Å². The smallest absolute Gasteiger partial charge is 0.0671 e. The summed E-state index contributed by atoms with van der Waals surface area (Å²) < 4.78 is 0. The Balaban J connectivity index is 2.55. The maximum atomic E-state index is 9.50. The van der Waals surface area contributed by atoms with Crippen molar-refractivity contribution in [1.29, 1.82) is 0 Å². The lowest BCUT2D eigenvalue weighted by Crippen LogP contribution is -2.30. The highest BCUT2D eigenvalue weighted by Crippen LogP contribution is 2.37. The first-order chi connectivity index (χ1) is 4.52. The molecule has 1 fully saturated rings. The SMILES string of the molecule is CC(C)(C)[C@@H]1CSC[C@H]1O. The van der Waals surface area contributed by atoms with E-state index in [1.54, 1.807) is 0 Å². The monoisotopic (exact) mass is 160 g/mol. The highest BCUT2D eigenvalue weighted by atomic mass is 32.2. The molecule has 0 spiro atoms. The fourth-order valence-corrected chi connectivity index (χ4v) is 2.96. The Morgan fingerprint density at radius 3 is 2.10 bits per heavy atom. The van der Waals surface area contributed by atoms with Crippen LogP contribution in [0.2, 0.25) is 0 Å². The van der Waals surface area contributed by atoms with Gasteiger partial charge >= 0.3 is 0 Å². The number of aliphatic hydroxyl groups is 1. The molecule has 0 saturated carbocycles. The van der Waals surface area contributed by atoms with Gasteiger partial charge in [0, 0.05) is 5.75 Å². The summed E-state index contributed by atoms with van der Waals surface area (Å²) in [7, 11) is 0. The third-order valence-corrected chi connectivity index (χ3v) is 3.33. The summed E-state index contributed by atoms with van der Waals surface area (Å²) in [5, 5.41) is 9.50. The van der Waals surface area contributed by atoms with Crippen LogP contribution in [0.1, 0.15) is 20.8 Å². The molecule has 60 valence electrons. The van der Waals surface area contributed by atoms with E-state index in [2.05, 4.69) is 20.8 Å². The minimum Gasteiger partial charge on any atom is -0.392 e. The van der Waals surface area contributed by atoms with E-state index in [1.165, 1.54) is 0 Å². The Labute approximate surface area is 67.2 Å². The van der Waals surface area contributed by atoms with Gasteiger partial charge in [0.25, 0.3) is 0 Å². The van der Waals surface area contributed by atoms with Crippen molar-refractivity contribution in [3.05, 3.63) is 0 Å². The van der Waals surface area contributed by atoms with Crippen molar-refractivity contribution in [2.45, 2.75) is 26.9 Å². The predicted molar refractivity (Wildman–Crippen MR) is 46.3 cm³/mol. The molecule has 0 amide bonds. The Kier molecular flexibility index (Phi) is 2.31. The molecule has 1 heterocycles. The van der Waals surface area contributed by atoms with E-state index in [1.807, 2.05) is 11.8 Å². The van der Waals surface area contributed by atoms with Crippen LogP contribution in [0.4, 0.5) is 0 Å². The summed E-state index contributed by atoms with van der Waals surface area (Å²) in [5.41, 5.74) is 0.281. The second kappa shape index (κ2) is 2.74. The molecule has 0 aromatic carbocycles. The van der Waals surface area contributed by atoms with Crippen molar-refractivity contribution in [1.82, 2.24) is 0 Å². The van der Waals surface area contributed by atoms with Crippen LogP contribution in [-0.4, -0.2) is 22.7 Å². The molecule has 0 unspecified atom stereocenters. The molecule has 0 aromatic heterocycles. The van der Waals surface area contributed by atoms with Gasteiger partial charge in [0.1, 0.15) is 0 Å². The van der Waals surface area contributed by atoms with E-state index in [4.69, 9.17) is 0 Å². The van der Waals surface area contributed by atoms with Crippen molar-refractivity contribution in [3.8, 4) is 0 Å². The zero-order valence-corrected chi connectivity index (χ0v) is 7.74. The second-order valence-corrected chi connectivity index (χ2v) is 5.15. The van der Waals surface area contributed by atoms with Crippen LogP contribution in [0.15, 0.2) is 0 Å². The van der Waals surface area contributed by atoms with Crippen LogP contribution in [0, 0.1) is 11.3 Å². The molecule has 1 saturated heterocycles. The topological polar surface area (TPSA) is 20.2 Å². The van der Waals surface area contributed by atoms with Gasteiger partial charge < -0.3 is 5.11 Å². The first kappa shape index (κ1) is 8.41. The van der Waals surface area contributed by atoms with E-state index >= 15 is 0 Å². The van der Waals surface area contributed by atoms with Gasteiger partial charge in [-0.25, -0.2) is 0 Å². The molecular formula is C8H16OS. The van der Waals surface area contributed by atoms with Gasteiger partial charge in [0.15, 0.2) is 0 Å². The number of hydrogen-bond acceptors (Lipinski definition) is 2. The van der Waals surface area contributed by atoms with Crippen molar-refractivity contribution in [3.63, 3.8) is 0 Å². The van der Waals surface area contributed by atoms with Crippen LogP contribution < -0.4 is 0 Å². The molecule has 1 aliphatic rings. The first-order valence-corrected chi connectivity index (χ1v) is 4.93. The number of thioether (sulfide) groups is 1. The van der Waals surface area contributed by atoms with E-state index < -0.39 is 0 Å². The maximum absolute atomic E-state index is 9.50. The van der Waals surface area contributed by atoms with Crippen LogP contribution in [0.25, 0.3) is 0 Å². The standard InChI is InChI=1S/C8H16OS/c1-8(2,3)6-4-10-5-7(6)9/h6-7,9H,4-5H2,1-3H3/t6-,7-/m1/s1. The van der Waals surface area contributed by atoms with Crippen LogP contribution in [-0.2, 0) is 0 Å². The van der Waals surface area contributed by atoms with E-state index in [-0.39, 0.29) is 11.5 Å². The maximum Gasteiger partial charge on any atom is 0.0671 e. The molecule has 0 aromatic rings. The van der Waals surface area contributed by atoms with E-state index in [0.29, 0.717) is 5.92 Å². The average molecular weight is 160 g/mol. The van der Waals surface area contributed by atoms with Gasteiger partial charge in [-0.2, -0.15) is 11.8 Å². The molecule has 1 N–H and O–H groups in total. The molecule has 10 heavy (non-hydrogen) atoms. The summed E-state index contributed by atoms with van der Waals surface area (Å²) >= 11 is 1.87. The molecule has 1 rings (SSSR count). The summed E-state index contributed by atoms with van der Waals surface area (Å²) in [6, 6.07) is 0. The summed E-state index contributed by atoms with van der Waals surface area (Å²) in [4.78, 5) is 0. The summed E-state index contributed by atoms with van der Waals surface area (Å²) in [6.07, 6.45) is -0.0648. The van der Waals surface area contributed by atoms with Crippen LogP contribution in [0.3, 0.4) is 0 Å². The van der Waals surface area contributed by atoms with Gasteiger partial charge in [-0.3, -0.25) is 0 Å². The van der Waals surface area contributed by atoms with Crippen LogP contribution >= 0.6 is 11.8 Å². The average Bonchev–Trinajstić information content (AvgIpc) is 2.11. The van der Waals surface area contributed by atoms with Crippen molar-refractivity contribution >= 4 is 11.8 Å². The molecule has 1 aliphatic heterocycles. The third kappa shape index (κ3) is 1.67. The van der Waals surface area contributed by atoms with Crippen molar-refractivity contribution in [2.24, 2.45) is 11.3 Å². The molecule has 1 nitrogen and oxygen atoms in total. The van der Waals surface area contributed by atoms with Crippen molar-refractivity contribution in [2.75, 3.05) is 11.5 Å². The molecule has 0 aliphatic carbocycles. The molecule has 0 radical (unpaired) electrons. The minimum atomic E-state index is -0.0648. The van der Waals surface area contributed by atoms with Gasteiger partial charge in [-0.15, -0.1) is 0 Å². The second-order valence-electron chi connectivity index (χ2n) is 4.08. The predicted octanol–water partition coefficient (Wildman–Crippen LogP) is 1.76. The minimum absolute atomic E-state index is 0.0648. The molecule has 2 atom stereocenters. The number of hydrogen-bond donors (Lipinski definition) is 1. The molecule has 0 bridgehead atoms. The lowest BCUT2D eigenvalue weighted by atomic mass is 9.79. The van der Waals surface area contributed by atoms with Gasteiger partial charge in [0.2, 0.25) is 0 Å². The zero-order valence-electron chi connectivity index (χ0n) is 6.92. The Morgan fingerprint density at radius 1 is 1.30 bits per heavy atom. The molecular weight excluding hydrogens is 144 g/mol. The quantitative estimate of drug-likeness (QED) is 0.582. The van der Waals surface area contributed by atoms with Gasteiger partial charge in [0.05, 0.1) is 6.10 Å². The van der Waals surface area contributed by atoms with Crippen LogP contribution in [0.5, 0.6) is 0 Å². The highest BCUT2D eigenvalue weighted by molar-refractivity contribution is 7.99. The third-order valence-electron chi connectivity index (χ3n) is 2.16.